The van der Waals surface area contributed by atoms with Gasteiger partial charge in [-0.3, -0.25) is 4.79 Å². The lowest BCUT2D eigenvalue weighted by atomic mass is 9.66. The number of anilines is 2. The molecule has 1 aliphatic rings. The summed E-state index contributed by atoms with van der Waals surface area (Å²) in [6.45, 7) is 12.4. The van der Waals surface area contributed by atoms with Crippen molar-refractivity contribution in [2.24, 2.45) is 0 Å². The average molecular weight is 518 g/mol. The van der Waals surface area contributed by atoms with E-state index in [0.717, 1.165) is 68.7 Å². The molecule has 39 heavy (non-hydrogen) atoms. The largest absolute Gasteiger partial charge is 0.398 e. The zero-order valence-electron chi connectivity index (χ0n) is 23.9. The van der Waals surface area contributed by atoms with Gasteiger partial charge in [-0.25, -0.2) is 0 Å². The number of carbonyl (C=O) groups excluding carboxylic acids is 1. The van der Waals surface area contributed by atoms with Gasteiger partial charge in [-0.05, 0) is 108 Å². The standard InChI is InChI=1S/C35H39N3O/c1-7-23-17-26(15-21(5)32(23)36)35(27-16-22(6)33(37)24(8-2)18-27)30-12-10-9-11-28(30)29-14-13-25(19-31(29)35)34(39)38-20(3)4/h9-20H,7-8,36-37H2,1-6H3,(H,38,39). The topological polar surface area (TPSA) is 81.1 Å². The Hall–Kier alpha value is -4.05. The van der Waals surface area contributed by atoms with Crippen LogP contribution in [0.2, 0.25) is 0 Å². The Kier molecular flexibility index (Phi) is 6.76. The van der Waals surface area contributed by atoms with Crippen LogP contribution in [0.15, 0.2) is 66.7 Å². The van der Waals surface area contributed by atoms with Crippen molar-refractivity contribution in [2.45, 2.75) is 65.8 Å². The van der Waals surface area contributed by atoms with Crippen LogP contribution < -0.4 is 16.8 Å². The van der Waals surface area contributed by atoms with E-state index < -0.39 is 5.41 Å². The Bertz CT molecular complexity index is 1540. The van der Waals surface area contributed by atoms with Crippen molar-refractivity contribution in [1.82, 2.24) is 5.32 Å². The molecule has 200 valence electrons. The van der Waals surface area contributed by atoms with E-state index in [0.29, 0.717) is 5.56 Å². The van der Waals surface area contributed by atoms with Gasteiger partial charge in [0, 0.05) is 23.0 Å². The third-order valence-corrected chi connectivity index (χ3v) is 8.30. The van der Waals surface area contributed by atoms with Crippen LogP contribution in [0.3, 0.4) is 0 Å². The van der Waals surface area contributed by atoms with Crippen molar-refractivity contribution in [1.29, 1.82) is 0 Å². The van der Waals surface area contributed by atoms with E-state index in [1.165, 1.54) is 11.1 Å². The number of nitrogens with two attached hydrogens (primary N) is 2. The number of fused-ring (bicyclic) bond motifs is 3. The summed E-state index contributed by atoms with van der Waals surface area (Å²) in [5.74, 6) is -0.0666. The Morgan fingerprint density at radius 3 is 1.85 bits per heavy atom. The number of nitrogens with one attached hydrogen (secondary N) is 1. The third-order valence-electron chi connectivity index (χ3n) is 8.30. The summed E-state index contributed by atoms with van der Waals surface area (Å²) >= 11 is 0. The SMILES string of the molecule is CCc1cc(C2(c3cc(C)c(N)c(CC)c3)c3ccccc3-c3ccc(C(=O)NC(C)C)cc32)cc(C)c1N. The quantitative estimate of drug-likeness (QED) is 0.210. The summed E-state index contributed by atoms with van der Waals surface area (Å²) in [5, 5.41) is 3.08. The van der Waals surface area contributed by atoms with Crippen molar-refractivity contribution >= 4 is 17.3 Å². The molecule has 0 unspecified atom stereocenters. The number of nitrogen functional groups attached to an aromatic ring is 2. The third kappa shape index (κ3) is 4.10. The second-order valence-corrected chi connectivity index (χ2v) is 11.1. The first-order valence-electron chi connectivity index (χ1n) is 14.0. The molecule has 0 aliphatic heterocycles. The van der Waals surface area contributed by atoms with Crippen molar-refractivity contribution in [2.75, 3.05) is 11.5 Å². The summed E-state index contributed by atoms with van der Waals surface area (Å²) in [5.41, 5.74) is 26.2. The minimum absolute atomic E-state index is 0.0476. The minimum Gasteiger partial charge on any atom is -0.398 e. The predicted octanol–water partition coefficient (Wildman–Crippen LogP) is 7.09. The van der Waals surface area contributed by atoms with E-state index in [9.17, 15) is 4.79 Å². The highest BCUT2D eigenvalue weighted by atomic mass is 16.1. The number of rotatable bonds is 6. The van der Waals surface area contributed by atoms with Crippen LogP contribution in [0.1, 0.15) is 82.6 Å². The van der Waals surface area contributed by atoms with Crippen LogP contribution in [-0.4, -0.2) is 11.9 Å². The fourth-order valence-corrected chi connectivity index (χ4v) is 6.32. The van der Waals surface area contributed by atoms with Crippen LogP contribution >= 0.6 is 0 Å². The number of benzene rings is 4. The first kappa shape index (κ1) is 26.6. The van der Waals surface area contributed by atoms with Gasteiger partial charge in [0.1, 0.15) is 0 Å². The van der Waals surface area contributed by atoms with Gasteiger partial charge in [-0.15, -0.1) is 0 Å². The summed E-state index contributed by atoms with van der Waals surface area (Å²) in [6.07, 6.45) is 1.67. The lowest BCUT2D eigenvalue weighted by molar-refractivity contribution is 0.0943. The molecule has 0 radical (unpaired) electrons. The molecule has 5 N–H and O–H groups in total. The maximum atomic E-state index is 13.3. The van der Waals surface area contributed by atoms with E-state index in [1.807, 2.05) is 19.9 Å². The van der Waals surface area contributed by atoms with E-state index in [4.69, 9.17) is 11.5 Å². The monoisotopic (exact) mass is 517 g/mol. The van der Waals surface area contributed by atoms with E-state index >= 15 is 0 Å². The first-order valence-corrected chi connectivity index (χ1v) is 14.0. The lowest BCUT2D eigenvalue weighted by Crippen LogP contribution is -2.32. The van der Waals surface area contributed by atoms with Crippen LogP contribution in [-0.2, 0) is 18.3 Å². The van der Waals surface area contributed by atoms with Gasteiger partial charge in [0.05, 0.1) is 5.41 Å². The number of carbonyl (C=O) groups is 1. The second-order valence-electron chi connectivity index (χ2n) is 11.1. The van der Waals surface area contributed by atoms with E-state index in [-0.39, 0.29) is 11.9 Å². The summed E-state index contributed by atoms with van der Waals surface area (Å²) < 4.78 is 0. The molecule has 4 heteroatoms. The summed E-state index contributed by atoms with van der Waals surface area (Å²) in [7, 11) is 0. The van der Waals surface area contributed by atoms with Gasteiger partial charge in [0.15, 0.2) is 0 Å². The maximum absolute atomic E-state index is 13.3. The molecule has 0 spiro atoms. The molecule has 0 heterocycles. The van der Waals surface area contributed by atoms with Gasteiger partial charge in [-0.2, -0.15) is 0 Å². The van der Waals surface area contributed by atoms with Gasteiger partial charge in [-0.1, -0.05) is 68.4 Å². The Labute approximate surface area is 232 Å². The zero-order valence-corrected chi connectivity index (χ0v) is 23.9. The molecular formula is C35H39N3O. The van der Waals surface area contributed by atoms with Crippen molar-refractivity contribution in [3.8, 4) is 11.1 Å². The first-order chi connectivity index (χ1) is 18.6. The highest BCUT2D eigenvalue weighted by Crippen LogP contribution is 2.57. The number of aryl methyl sites for hydroxylation is 4. The second kappa shape index (κ2) is 9.92. The van der Waals surface area contributed by atoms with Gasteiger partial charge in [0.2, 0.25) is 0 Å². The average Bonchev–Trinajstić information content (AvgIpc) is 3.21. The van der Waals surface area contributed by atoms with Gasteiger partial charge in [0.25, 0.3) is 5.91 Å². The molecule has 4 aromatic carbocycles. The predicted molar refractivity (Wildman–Crippen MR) is 163 cm³/mol. The van der Waals surface area contributed by atoms with Crippen LogP contribution in [0.25, 0.3) is 11.1 Å². The highest BCUT2D eigenvalue weighted by molar-refractivity contribution is 5.97. The molecule has 0 fully saturated rings. The number of amides is 1. The number of hydrogen-bond acceptors (Lipinski definition) is 3. The van der Waals surface area contributed by atoms with Gasteiger partial charge < -0.3 is 16.8 Å². The fourth-order valence-electron chi connectivity index (χ4n) is 6.32. The normalized spacial score (nSPS) is 13.3. The molecule has 0 bridgehead atoms. The molecule has 5 rings (SSSR count). The van der Waals surface area contributed by atoms with E-state index in [1.54, 1.807) is 0 Å². The van der Waals surface area contributed by atoms with Crippen LogP contribution in [0, 0.1) is 13.8 Å². The van der Waals surface area contributed by atoms with Crippen LogP contribution in [0.5, 0.6) is 0 Å². The van der Waals surface area contributed by atoms with Crippen molar-refractivity contribution < 1.29 is 4.79 Å². The van der Waals surface area contributed by atoms with Crippen molar-refractivity contribution in [3.63, 3.8) is 0 Å². The highest BCUT2D eigenvalue weighted by Gasteiger charge is 2.47. The van der Waals surface area contributed by atoms with E-state index in [2.05, 4.69) is 93.7 Å². The molecule has 0 saturated heterocycles. The zero-order chi connectivity index (χ0) is 28.1. The Morgan fingerprint density at radius 2 is 1.31 bits per heavy atom. The van der Waals surface area contributed by atoms with Crippen molar-refractivity contribution in [3.05, 3.63) is 117 Å². The molecule has 4 nitrogen and oxygen atoms in total. The molecule has 1 aliphatic carbocycles. The fraction of sp³-hybridized carbons (Fsp3) is 0.286. The lowest BCUT2D eigenvalue weighted by Gasteiger charge is -2.36. The molecule has 0 atom stereocenters. The molecule has 4 aromatic rings. The molecular weight excluding hydrogens is 478 g/mol. The van der Waals surface area contributed by atoms with Gasteiger partial charge >= 0.3 is 0 Å². The maximum Gasteiger partial charge on any atom is 0.251 e. The molecule has 0 aromatic heterocycles. The van der Waals surface area contributed by atoms with Crippen LogP contribution in [0.4, 0.5) is 11.4 Å². The smallest absolute Gasteiger partial charge is 0.251 e. The Balaban J connectivity index is 1.96. The number of hydrogen-bond donors (Lipinski definition) is 3. The molecule has 0 saturated carbocycles. The summed E-state index contributed by atoms with van der Waals surface area (Å²) in [4.78, 5) is 13.3. The summed E-state index contributed by atoms with van der Waals surface area (Å²) in [6, 6.07) is 23.8. The molecule has 1 amide bonds. The Morgan fingerprint density at radius 1 is 0.769 bits per heavy atom. The minimum atomic E-state index is -0.634.